The van der Waals surface area contributed by atoms with Crippen molar-refractivity contribution in [3.63, 3.8) is 0 Å². The van der Waals surface area contributed by atoms with Crippen LogP contribution in [0.2, 0.25) is 0 Å². The van der Waals surface area contributed by atoms with Crippen molar-refractivity contribution < 1.29 is 13.6 Å². The topological polar surface area (TPSA) is 53.7 Å². The van der Waals surface area contributed by atoms with E-state index in [2.05, 4.69) is 27.1 Å². The summed E-state index contributed by atoms with van der Waals surface area (Å²) in [4.78, 5) is 21.9. The minimum absolute atomic E-state index is 0.156. The van der Waals surface area contributed by atoms with Gasteiger partial charge in [-0.3, -0.25) is 9.69 Å². The van der Waals surface area contributed by atoms with Gasteiger partial charge < -0.3 is 4.90 Å². The third-order valence-electron chi connectivity index (χ3n) is 5.93. The van der Waals surface area contributed by atoms with Crippen molar-refractivity contribution in [3.8, 4) is 11.3 Å². The SMILES string of the molecule is O=C(c1cnn2c(C(F)F)cc(-c3ccccc3)nc12)N1CCN(Cc2ccccc2)CC1. The maximum Gasteiger partial charge on any atom is 0.280 e. The molecule has 1 fully saturated rings. The van der Waals surface area contributed by atoms with Crippen LogP contribution >= 0.6 is 0 Å². The standard InChI is InChI=1S/C25H23F2N5O/c26-23(27)22-15-21(19-9-5-2-6-10-19)29-24-20(16-28-32(22)24)25(33)31-13-11-30(12-14-31)17-18-7-3-1-4-8-18/h1-10,15-16,23H,11-14,17H2. The number of benzene rings is 2. The fourth-order valence-corrected chi connectivity index (χ4v) is 4.17. The molecule has 2 aromatic heterocycles. The van der Waals surface area contributed by atoms with Gasteiger partial charge in [0.1, 0.15) is 11.3 Å². The van der Waals surface area contributed by atoms with Gasteiger partial charge >= 0.3 is 0 Å². The molecule has 0 unspecified atom stereocenters. The fraction of sp³-hybridized carbons (Fsp3) is 0.240. The Bertz CT molecular complexity index is 1250. The number of hydrogen-bond acceptors (Lipinski definition) is 4. The number of rotatable bonds is 5. The molecule has 168 valence electrons. The lowest BCUT2D eigenvalue weighted by molar-refractivity contribution is 0.0630. The average Bonchev–Trinajstić information content (AvgIpc) is 3.28. The van der Waals surface area contributed by atoms with Gasteiger partial charge in [-0.05, 0) is 11.6 Å². The quantitative estimate of drug-likeness (QED) is 0.458. The fourth-order valence-electron chi connectivity index (χ4n) is 4.17. The lowest BCUT2D eigenvalue weighted by Gasteiger charge is -2.34. The Morgan fingerprint density at radius 3 is 2.27 bits per heavy atom. The van der Waals surface area contributed by atoms with E-state index < -0.39 is 6.43 Å². The molecule has 0 atom stereocenters. The van der Waals surface area contributed by atoms with Crippen molar-refractivity contribution >= 4 is 11.6 Å². The van der Waals surface area contributed by atoms with Crippen LogP contribution in [0.3, 0.4) is 0 Å². The molecule has 0 N–H and O–H groups in total. The molecule has 0 saturated carbocycles. The van der Waals surface area contributed by atoms with E-state index in [0.29, 0.717) is 24.3 Å². The van der Waals surface area contributed by atoms with Gasteiger partial charge in [0.2, 0.25) is 0 Å². The third kappa shape index (κ3) is 4.34. The number of fused-ring (bicyclic) bond motifs is 1. The molecule has 0 spiro atoms. The van der Waals surface area contributed by atoms with Crippen molar-refractivity contribution in [2.75, 3.05) is 26.2 Å². The highest BCUT2D eigenvalue weighted by molar-refractivity contribution is 6.00. The average molecular weight is 447 g/mol. The lowest BCUT2D eigenvalue weighted by atomic mass is 10.1. The van der Waals surface area contributed by atoms with Crippen molar-refractivity contribution in [2.45, 2.75) is 13.0 Å². The smallest absolute Gasteiger partial charge is 0.280 e. The highest BCUT2D eigenvalue weighted by Gasteiger charge is 2.27. The van der Waals surface area contributed by atoms with Crippen molar-refractivity contribution in [2.24, 2.45) is 0 Å². The zero-order valence-corrected chi connectivity index (χ0v) is 17.9. The summed E-state index contributed by atoms with van der Waals surface area (Å²) in [6, 6.07) is 20.6. The van der Waals surface area contributed by atoms with Crippen LogP contribution in [0.15, 0.2) is 72.9 Å². The number of carbonyl (C=O) groups is 1. The normalized spacial score (nSPS) is 14.8. The van der Waals surface area contributed by atoms with E-state index in [0.717, 1.165) is 24.1 Å². The second kappa shape index (κ2) is 9.07. The van der Waals surface area contributed by atoms with Crippen molar-refractivity contribution in [1.29, 1.82) is 0 Å². The van der Waals surface area contributed by atoms with Gasteiger partial charge in [0.05, 0.1) is 11.9 Å². The number of nitrogens with zero attached hydrogens (tertiary/aromatic N) is 5. The first-order chi connectivity index (χ1) is 16.1. The highest BCUT2D eigenvalue weighted by Crippen LogP contribution is 2.27. The number of halogens is 2. The molecule has 6 nitrogen and oxygen atoms in total. The van der Waals surface area contributed by atoms with E-state index in [1.807, 2.05) is 36.4 Å². The van der Waals surface area contributed by atoms with Crippen LogP contribution in [0.5, 0.6) is 0 Å². The Labute approximate surface area is 190 Å². The maximum absolute atomic E-state index is 13.8. The summed E-state index contributed by atoms with van der Waals surface area (Å²) < 4.78 is 28.7. The van der Waals surface area contributed by atoms with Crippen LogP contribution < -0.4 is 0 Å². The van der Waals surface area contributed by atoms with Crippen molar-refractivity contribution in [3.05, 3.63) is 89.7 Å². The lowest BCUT2D eigenvalue weighted by Crippen LogP contribution is -2.48. The van der Waals surface area contributed by atoms with Gasteiger partial charge in [-0.25, -0.2) is 18.3 Å². The van der Waals surface area contributed by atoms with Gasteiger partial charge in [-0.15, -0.1) is 0 Å². The number of hydrogen-bond donors (Lipinski definition) is 0. The molecule has 0 aliphatic carbocycles. The number of aromatic nitrogens is 3. The summed E-state index contributed by atoms with van der Waals surface area (Å²) in [6.45, 7) is 3.43. The molecule has 0 radical (unpaired) electrons. The van der Waals surface area contributed by atoms with Crippen molar-refractivity contribution in [1.82, 2.24) is 24.4 Å². The molecule has 2 aromatic carbocycles. The molecular weight excluding hydrogens is 424 g/mol. The van der Waals surface area contributed by atoms with E-state index >= 15 is 0 Å². The van der Waals surface area contributed by atoms with E-state index in [9.17, 15) is 13.6 Å². The molecule has 33 heavy (non-hydrogen) atoms. The first-order valence-corrected chi connectivity index (χ1v) is 10.9. The molecule has 5 rings (SSSR count). The van der Waals surface area contributed by atoms with E-state index in [4.69, 9.17) is 0 Å². The van der Waals surface area contributed by atoms with Crippen LogP contribution in [0.4, 0.5) is 8.78 Å². The minimum atomic E-state index is -2.75. The molecule has 4 aromatic rings. The van der Waals surface area contributed by atoms with Gasteiger partial charge in [-0.1, -0.05) is 60.7 Å². The summed E-state index contributed by atoms with van der Waals surface area (Å²) in [5.41, 5.74) is 2.44. The number of amides is 1. The van der Waals surface area contributed by atoms with E-state index in [1.165, 1.54) is 17.8 Å². The predicted octanol–water partition coefficient (Wildman–Crippen LogP) is 4.29. The first-order valence-electron chi connectivity index (χ1n) is 10.9. The van der Waals surface area contributed by atoms with Crippen LogP contribution in [0, 0.1) is 0 Å². The molecule has 1 saturated heterocycles. The summed E-state index contributed by atoms with van der Waals surface area (Å²) in [5.74, 6) is -0.234. The van der Waals surface area contributed by atoms with Gasteiger partial charge in [0.15, 0.2) is 5.65 Å². The third-order valence-corrected chi connectivity index (χ3v) is 5.93. The summed E-state index contributed by atoms with van der Waals surface area (Å²) in [5, 5.41) is 4.08. The van der Waals surface area contributed by atoms with Gasteiger partial charge in [0.25, 0.3) is 12.3 Å². The first kappa shape index (κ1) is 21.2. The Morgan fingerprint density at radius 2 is 1.61 bits per heavy atom. The molecule has 3 heterocycles. The Hall–Kier alpha value is -3.65. The van der Waals surface area contributed by atoms with Gasteiger partial charge in [-0.2, -0.15) is 5.10 Å². The van der Waals surface area contributed by atoms with Crippen LogP contribution in [-0.2, 0) is 6.54 Å². The van der Waals surface area contributed by atoms with Crippen LogP contribution in [-0.4, -0.2) is 56.5 Å². The van der Waals surface area contributed by atoms with E-state index in [-0.39, 0.29) is 22.8 Å². The Morgan fingerprint density at radius 1 is 0.939 bits per heavy atom. The second-order valence-electron chi connectivity index (χ2n) is 8.08. The molecule has 8 heteroatoms. The number of piperazine rings is 1. The Kier molecular flexibility index (Phi) is 5.83. The largest absolute Gasteiger partial charge is 0.336 e. The zero-order valence-electron chi connectivity index (χ0n) is 17.9. The summed E-state index contributed by atoms with van der Waals surface area (Å²) >= 11 is 0. The molecule has 1 aliphatic rings. The summed E-state index contributed by atoms with van der Waals surface area (Å²) in [7, 11) is 0. The second-order valence-corrected chi connectivity index (χ2v) is 8.08. The van der Waals surface area contributed by atoms with Gasteiger partial charge in [0, 0.05) is 38.3 Å². The maximum atomic E-state index is 13.8. The zero-order chi connectivity index (χ0) is 22.8. The molecular formula is C25H23F2N5O. The Balaban J connectivity index is 1.39. The highest BCUT2D eigenvalue weighted by atomic mass is 19.3. The molecule has 1 amide bonds. The number of carbonyl (C=O) groups excluding carboxylic acids is 1. The van der Waals surface area contributed by atoms with Crippen LogP contribution in [0.25, 0.3) is 16.9 Å². The predicted molar refractivity (Wildman–Crippen MR) is 121 cm³/mol. The van der Waals surface area contributed by atoms with Crippen LogP contribution in [0.1, 0.15) is 28.0 Å². The molecule has 1 aliphatic heterocycles. The molecule has 0 bridgehead atoms. The monoisotopic (exact) mass is 447 g/mol. The summed E-state index contributed by atoms with van der Waals surface area (Å²) in [6.07, 6.45) is -1.40. The minimum Gasteiger partial charge on any atom is -0.336 e. The number of alkyl halides is 2. The van der Waals surface area contributed by atoms with E-state index in [1.54, 1.807) is 17.0 Å².